The van der Waals surface area contributed by atoms with Gasteiger partial charge in [0.1, 0.15) is 16.8 Å². The number of aromatic amines is 1. The van der Waals surface area contributed by atoms with E-state index in [2.05, 4.69) is 27.0 Å². The first-order valence-electron chi connectivity index (χ1n) is 11.1. The number of hydrogen-bond donors (Lipinski definition) is 2. The van der Waals surface area contributed by atoms with Gasteiger partial charge in [0, 0.05) is 24.2 Å². The quantitative estimate of drug-likeness (QED) is 0.464. The molecule has 10 heteroatoms. The molecule has 0 atom stereocenters. The van der Waals surface area contributed by atoms with E-state index in [0.717, 1.165) is 12.8 Å². The minimum Gasteiger partial charge on any atom is -0.444 e. The number of fused-ring (bicyclic) bond motifs is 1. The first kappa shape index (κ1) is 24.3. The second-order valence-electron chi connectivity index (χ2n) is 9.68. The van der Waals surface area contributed by atoms with E-state index in [-0.39, 0.29) is 5.54 Å². The summed E-state index contributed by atoms with van der Waals surface area (Å²) in [6.45, 7) is 12.9. The summed E-state index contributed by atoms with van der Waals surface area (Å²) in [6.07, 6.45) is 2.74. The zero-order valence-electron chi connectivity index (χ0n) is 19.7. The normalized spacial score (nSPS) is 15.9. The zero-order chi connectivity index (χ0) is 24.7. The summed E-state index contributed by atoms with van der Waals surface area (Å²) in [7, 11) is 0. The van der Waals surface area contributed by atoms with E-state index in [0.29, 0.717) is 57.1 Å². The molecule has 0 radical (unpaired) electrons. The molecular weight excluding hydrogens is 475 g/mol. The average molecular weight is 503 g/mol. The van der Waals surface area contributed by atoms with Crippen LogP contribution in [0.2, 0.25) is 10.0 Å². The van der Waals surface area contributed by atoms with Gasteiger partial charge in [-0.25, -0.2) is 14.8 Å². The first-order valence-corrected chi connectivity index (χ1v) is 11.8. The van der Waals surface area contributed by atoms with Crippen molar-refractivity contribution in [3.05, 3.63) is 40.5 Å². The van der Waals surface area contributed by atoms with Gasteiger partial charge >= 0.3 is 6.09 Å². The van der Waals surface area contributed by atoms with Crippen molar-refractivity contribution < 1.29 is 9.53 Å². The van der Waals surface area contributed by atoms with E-state index in [1.54, 1.807) is 12.1 Å². The molecule has 1 fully saturated rings. The summed E-state index contributed by atoms with van der Waals surface area (Å²) in [4.78, 5) is 24.0. The highest BCUT2D eigenvalue weighted by atomic mass is 35.5. The van der Waals surface area contributed by atoms with Gasteiger partial charge in [-0.15, -0.1) is 0 Å². The molecule has 34 heavy (non-hydrogen) atoms. The van der Waals surface area contributed by atoms with Gasteiger partial charge in [-0.2, -0.15) is 5.10 Å². The molecule has 1 aliphatic rings. The number of halogens is 2. The summed E-state index contributed by atoms with van der Waals surface area (Å²) >= 11 is 12.6. The number of carbonyl (C=O) groups is 1. The van der Waals surface area contributed by atoms with Crippen LogP contribution in [0.25, 0.3) is 28.5 Å². The molecule has 0 saturated carbocycles. The van der Waals surface area contributed by atoms with E-state index in [1.165, 1.54) is 0 Å². The van der Waals surface area contributed by atoms with Crippen molar-refractivity contribution in [1.82, 2.24) is 25.5 Å². The van der Waals surface area contributed by atoms with Gasteiger partial charge < -0.3 is 15.0 Å². The Hall–Kier alpha value is -2.84. The van der Waals surface area contributed by atoms with Gasteiger partial charge in [0.2, 0.25) is 5.65 Å². The second kappa shape index (κ2) is 9.07. The Morgan fingerprint density at radius 3 is 2.62 bits per heavy atom. The number of nitrogens with zero attached hydrogens (tertiary/aromatic N) is 4. The van der Waals surface area contributed by atoms with Crippen LogP contribution >= 0.6 is 23.2 Å². The standard InChI is InChI=1S/C24H28Cl2N6O2/c1-6-16-21(32-12-10-24(5,11-13-32)29-22(33)34-23(2,3)4)28-20-19(27-16)18(30-31-20)14-8-7-9-15(25)17(14)26/h6-9H,1,10-13H2,2-5H3,(H,29,33)(H,28,30,31). The maximum absolute atomic E-state index is 12.3. The number of H-pyrrole nitrogens is 1. The van der Waals surface area contributed by atoms with Crippen molar-refractivity contribution in [3.8, 4) is 11.3 Å². The lowest BCUT2D eigenvalue weighted by Crippen LogP contribution is -2.54. The average Bonchev–Trinajstić information content (AvgIpc) is 3.16. The molecule has 3 heterocycles. The molecule has 3 aromatic rings. The van der Waals surface area contributed by atoms with Crippen molar-refractivity contribution in [2.45, 2.75) is 51.7 Å². The minimum atomic E-state index is -0.539. The summed E-state index contributed by atoms with van der Waals surface area (Å²) in [5, 5.41) is 11.3. The lowest BCUT2D eigenvalue weighted by atomic mass is 9.89. The SMILES string of the molecule is C=Cc1nc2c(-c3cccc(Cl)c3Cl)[nH]nc2nc1N1CCC(C)(NC(=O)OC(C)(C)C)CC1. The lowest BCUT2D eigenvalue weighted by Gasteiger charge is -2.40. The number of carbonyl (C=O) groups excluding carboxylic acids is 1. The maximum Gasteiger partial charge on any atom is 0.408 e. The molecule has 2 N–H and O–H groups in total. The number of amides is 1. The molecule has 0 spiro atoms. The topological polar surface area (TPSA) is 96.0 Å². The van der Waals surface area contributed by atoms with Crippen LogP contribution < -0.4 is 10.2 Å². The third kappa shape index (κ3) is 4.98. The number of nitrogens with one attached hydrogen (secondary N) is 2. The molecule has 1 amide bonds. The summed E-state index contributed by atoms with van der Waals surface area (Å²) in [6, 6.07) is 5.41. The Balaban J connectivity index is 1.57. The molecule has 8 nitrogen and oxygen atoms in total. The van der Waals surface area contributed by atoms with E-state index in [4.69, 9.17) is 37.9 Å². The Bertz CT molecular complexity index is 1240. The number of anilines is 1. The molecular formula is C24H28Cl2N6O2. The first-order chi connectivity index (χ1) is 16.0. The molecule has 180 valence electrons. The predicted molar refractivity (Wildman–Crippen MR) is 136 cm³/mol. The van der Waals surface area contributed by atoms with Crippen molar-refractivity contribution in [2.24, 2.45) is 0 Å². The highest BCUT2D eigenvalue weighted by molar-refractivity contribution is 6.43. The Morgan fingerprint density at radius 2 is 1.97 bits per heavy atom. The third-order valence-electron chi connectivity index (χ3n) is 5.78. The van der Waals surface area contributed by atoms with Crippen molar-refractivity contribution in [1.29, 1.82) is 0 Å². The van der Waals surface area contributed by atoms with Crippen molar-refractivity contribution in [2.75, 3.05) is 18.0 Å². The van der Waals surface area contributed by atoms with E-state index in [9.17, 15) is 4.79 Å². The van der Waals surface area contributed by atoms with Crippen LogP contribution in [0.5, 0.6) is 0 Å². The Morgan fingerprint density at radius 1 is 1.26 bits per heavy atom. The summed E-state index contributed by atoms with van der Waals surface area (Å²) in [5.74, 6) is 0.706. The Labute approximate surface area is 208 Å². The third-order valence-corrected chi connectivity index (χ3v) is 6.60. The van der Waals surface area contributed by atoms with Gasteiger partial charge in [-0.3, -0.25) is 5.10 Å². The molecule has 1 saturated heterocycles. The van der Waals surface area contributed by atoms with Crippen LogP contribution in [0.3, 0.4) is 0 Å². The van der Waals surface area contributed by atoms with Gasteiger partial charge in [-0.1, -0.05) is 41.9 Å². The number of piperidine rings is 1. The minimum absolute atomic E-state index is 0.368. The molecule has 0 aliphatic carbocycles. The van der Waals surface area contributed by atoms with Gasteiger partial charge in [-0.05, 0) is 52.7 Å². The highest BCUT2D eigenvalue weighted by Crippen LogP contribution is 2.36. The van der Waals surface area contributed by atoms with Crippen LogP contribution in [-0.2, 0) is 4.74 Å². The van der Waals surface area contributed by atoms with Crippen LogP contribution in [0.1, 0.15) is 46.2 Å². The fraction of sp³-hybridized carbons (Fsp3) is 0.417. The molecule has 0 unspecified atom stereocenters. The van der Waals surface area contributed by atoms with Crippen LogP contribution in [-0.4, -0.2) is 50.5 Å². The number of alkyl carbamates (subject to hydrolysis) is 1. The fourth-order valence-electron chi connectivity index (χ4n) is 3.98. The summed E-state index contributed by atoms with van der Waals surface area (Å²) < 4.78 is 5.43. The van der Waals surface area contributed by atoms with Gasteiger partial charge in [0.05, 0.1) is 15.7 Å². The van der Waals surface area contributed by atoms with Gasteiger partial charge in [0.25, 0.3) is 0 Å². The second-order valence-corrected chi connectivity index (χ2v) is 10.5. The number of benzene rings is 1. The number of hydrogen-bond acceptors (Lipinski definition) is 6. The highest BCUT2D eigenvalue weighted by Gasteiger charge is 2.34. The summed E-state index contributed by atoms with van der Waals surface area (Å²) in [5.41, 5.74) is 2.17. The molecule has 1 aromatic carbocycles. The van der Waals surface area contributed by atoms with Crippen molar-refractivity contribution >= 4 is 52.4 Å². The smallest absolute Gasteiger partial charge is 0.408 e. The zero-order valence-corrected chi connectivity index (χ0v) is 21.2. The van der Waals surface area contributed by atoms with E-state index >= 15 is 0 Å². The maximum atomic E-state index is 12.3. The van der Waals surface area contributed by atoms with E-state index < -0.39 is 11.7 Å². The van der Waals surface area contributed by atoms with Crippen LogP contribution in [0.4, 0.5) is 10.6 Å². The molecule has 0 bridgehead atoms. The lowest BCUT2D eigenvalue weighted by molar-refractivity contribution is 0.0448. The van der Waals surface area contributed by atoms with Gasteiger partial charge in [0.15, 0.2) is 5.82 Å². The van der Waals surface area contributed by atoms with Crippen LogP contribution in [0.15, 0.2) is 24.8 Å². The largest absolute Gasteiger partial charge is 0.444 e. The van der Waals surface area contributed by atoms with E-state index in [1.807, 2.05) is 39.8 Å². The number of aromatic nitrogens is 4. The van der Waals surface area contributed by atoms with Crippen molar-refractivity contribution in [3.63, 3.8) is 0 Å². The molecule has 4 rings (SSSR count). The monoisotopic (exact) mass is 502 g/mol. The van der Waals surface area contributed by atoms with Crippen LogP contribution in [0, 0.1) is 0 Å². The number of rotatable bonds is 4. The molecule has 2 aromatic heterocycles. The number of ether oxygens (including phenoxy) is 1. The molecule has 1 aliphatic heterocycles. The Kier molecular flexibility index (Phi) is 6.48. The fourth-order valence-corrected chi connectivity index (χ4v) is 4.37. The predicted octanol–water partition coefficient (Wildman–Crippen LogP) is 5.85.